The van der Waals surface area contributed by atoms with Crippen molar-refractivity contribution in [1.29, 1.82) is 0 Å². The van der Waals surface area contributed by atoms with E-state index in [2.05, 4.69) is 55.8 Å². The van der Waals surface area contributed by atoms with Crippen LogP contribution in [0.5, 0.6) is 0 Å². The van der Waals surface area contributed by atoms with Crippen LogP contribution in [0.1, 0.15) is 92.3 Å². The van der Waals surface area contributed by atoms with Crippen molar-refractivity contribution < 1.29 is 9.59 Å². The van der Waals surface area contributed by atoms with Gasteiger partial charge in [0.05, 0.1) is 11.7 Å². The topological polar surface area (TPSA) is 64.8 Å². The first-order valence-corrected chi connectivity index (χ1v) is 9.94. The lowest BCUT2D eigenvalue weighted by Crippen LogP contribution is -2.17. The van der Waals surface area contributed by atoms with E-state index < -0.39 is 0 Å². The third kappa shape index (κ3) is 14.8. The van der Waals surface area contributed by atoms with Gasteiger partial charge in [-0.25, -0.2) is 4.68 Å². The molecule has 0 spiro atoms. The zero-order valence-electron chi connectivity index (χ0n) is 18.1. The molecule has 5 heteroatoms. The summed E-state index contributed by atoms with van der Waals surface area (Å²) in [6, 6.07) is 0.610. The van der Waals surface area contributed by atoms with Crippen LogP contribution in [0.15, 0.2) is 6.20 Å². The van der Waals surface area contributed by atoms with Crippen molar-refractivity contribution in [3.63, 3.8) is 0 Å². The molecule has 0 radical (unpaired) electrons. The zero-order chi connectivity index (χ0) is 20.5. The summed E-state index contributed by atoms with van der Waals surface area (Å²) in [5, 5.41) is 8.46. The van der Waals surface area contributed by atoms with Crippen LogP contribution in [0.25, 0.3) is 0 Å². The number of hydrogen-bond donors (Lipinski definition) is 0. The quantitative estimate of drug-likeness (QED) is 0.677. The molecule has 1 fully saturated rings. The molecule has 0 saturated heterocycles. The van der Waals surface area contributed by atoms with Crippen LogP contribution >= 0.6 is 0 Å². The Morgan fingerprint density at radius 3 is 2.00 bits per heavy atom. The van der Waals surface area contributed by atoms with Gasteiger partial charge in [0.1, 0.15) is 13.1 Å². The molecule has 26 heavy (non-hydrogen) atoms. The van der Waals surface area contributed by atoms with Crippen LogP contribution in [0.4, 0.5) is 0 Å². The number of aldehydes is 1. The largest absolute Gasteiger partial charge is 0.307 e. The minimum Gasteiger partial charge on any atom is -0.307 e. The number of aromatic nitrogens is 3. The first kappa shape index (κ1) is 26.7. The average molecular weight is 368 g/mol. The molecular weight excluding hydrogens is 326 g/mol. The van der Waals surface area contributed by atoms with Crippen LogP contribution in [-0.2, 0) is 16.0 Å². The number of aryl methyl sites for hydroxylation is 1. The molecule has 1 aliphatic carbocycles. The summed E-state index contributed by atoms with van der Waals surface area (Å²) in [6.07, 6.45) is 10.5. The first-order valence-electron chi connectivity index (χ1n) is 9.94. The second-order valence-corrected chi connectivity index (χ2v) is 7.97. The third-order valence-electron chi connectivity index (χ3n) is 3.70. The molecule has 1 saturated carbocycles. The van der Waals surface area contributed by atoms with Gasteiger partial charge in [-0.2, -0.15) is 0 Å². The van der Waals surface area contributed by atoms with Crippen molar-refractivity contribution in [3.05, 3.63) is 11.9 Å². The van der Waals surface area contributed by atoms with Crippen molar-refractivity contribution in [3.8, 4) is 0 Å². The van der Waals surface area contributed by atoms with Crippen molar-refractivity contribution in [2.45, 2.75) is 93.0 Å². The fourth-order valence-corrected chi connectivity index (χ4v) is 2.37. The van der Waals surface area contributed by atoms with Gasteiger partial charge in [-0.1, -0.05) is 60.1 Å². The number of hydrogen-bond acceptors (Lipinski definition) is 4. The van der Waals surface area contributed by atoms with E-state index in [1.54, 1.807) is 0 Å². The third-order valence-corrected chi connectivity index (χ3v) is 3.70. The van der Waals surface area contributed by atoms with E-state index in [1.807, 2.05) is 20.6 Å². The van der Waals surface area contributed by atoms with Gasteiger partial charge in [-0.3, -0.25) is 0 Å². The molecule has 0 amide bonds. The van der Waals surface area contributed by atoms with E-state index in [0.717, 1.165) is 36.7 Å². The van der Waals surface area contributed by atoms with Crippen LogP contribution in [0.2, 0.25) is 0 Å². The Kier molecular flexibility index (Phi) is 17.4. The van der Waals surface area contributed by atoms with Gasteiger partial charge in [-0.15, -0.1) is 5.10 Å². The van der Waals surface area contributed by atoms with Crippen LogP contribution in [0, 0.1) is 17.8 Å². The molecule has 5 nitrogen and oxygen atoms in total. The lowest BCUT2D eigenvalue weighted by molar-refractivity contribution is -0.110. The molecule has 1 aliphatic rings. The van der Waals surface area contributed by atoms with Crippen molar-refractivity contribution in [2.75, 3.05) is 0 Å². The number of carbonyl (C=O) groups is 2. The molecule has 0 aliphatic heterocycles. The van der Waals surface area contributed by atoms with Crippen molar-refractivity contribution in [2.24, 2.45) is 17.8 Å². The van der Waals surface area contributed by atoms with Gasteiger partial charge in [0.25, 0.3) is 0 Å². The first-order chi connectivity index (χ1) is 12.3. The minimum absolute atomic E-state index is 0.204. The molecule has 0 N–H and O–H groups in total. The Balaban J connectivity index is 0. The van der Waals surface area contributed by atoms with E-state index in [4.69, 9.17) is 4.79 Å². The standard InChI is InChI=1S/C12H21N3.C4H8O.C4H10.CH2O/c1-3-4-11-9-15(14-13-11)12-7-5-10(2)6-8-12;1-4(2)3-5;1-4(2)3;1-2/h9-10,12H,3-8H2,1-2H3;3-4H,1-2H3;4H,1-3H3;1H2. The average Bonchev–Trinajstić information content (AvgIpc) is 3.06. The Morgan fingerprint density at radius 1 is 1.15 bits per heavy atom. The smallest absolute Gasteiger partial charge is 0.122 e. The maximum Gasteiger partial charge on any atom is 0.122 e. The predicted octanol–water partition coefficient (Wildman–Crippen LogP) is 5.30. The second-order valence-electron chi connectivity index (χ2n) is 7.97. The maximum absolute atomic E-state index is 9.50. The Hall–Kier alpha value is -1.52. The van der Waals surface area contributed by atoms with Crippen molar-refractivity contribution >= 4 is 13.1 Å². The Morgan fingerprint density at radius 2 is 1.62 bits per heavy atom. The van der Waals surface area contributed by atoms with Crippen LogP contribution in [0.3, 0.4) is 0 Å². The fraction of sp³-hybridized carbons (Fsp3) is 0.810. The van der Waals surface area contributed by atoms with E-state index in [-0.39, 0.29) is 5.92 Å². The highest BCUT2D eigenvalue weighted by atomic mass is 16.1. The molecule has 0 atom stereocenters. The number of nitrogens with zero attached hydrogens (tertiary/aromatic N) is 3. The van der Waals surface area contributed by atoms with Gasteiger partial charge < -0.3 is 9.59 Å². The molecule has 1 heterocycles. The second kappa shape index (κ2) is 16.9. The number of carbonyl (C=O) groups excluding carboxylic acids is 2. The summed E-state index contributed by atoms with van der Waals surface area (Å²) in [7, 11) is 0. The zero-order valence-corrected chi connectivity index (χ0v) is 18.1. The van der Waals surface area contributed by atoms with E-state index in [9.17, 15) is 4.79 Å². The van der Waals surface area contributed by atoms with Crippen LogP contribution < -0.4 is 0 Å². The number of rotatable bonds is 4. The van der Waals surface area contributed by atoms with Crippen molar-refractivity contribution in [1.82, 2.24) is 15.0 Å². The summed E-state index contributed by atoms with van der Waals surface area (Å²) in [5.41, 5.74) is 1.15. The minimum atomic E-state index is 0.204. The normalized spacial score (nSPS) is 18.7. The molecular formula is C21H41N3O2. The van der Waals surface area contributed by atoms with Gasteiger partial charge in [0.15, 0.2) is 0 Å². The lowest BCUT2D eigenvalue weighted by atomic mass is 9.87. The summed E-state index contributed by atoms with van der Waals surface area (Å²) in [6.45, 7) is 16.7. The molecule has 2 rings (SSSR count). The predicted molar refractivity (Wildman–Crippen MR) is 109 cm³/mol. The molecule has 0 bridgehead atoms. The molecule has 1 aromatic heterocycles. The Bertz CT molecular complexity index is 433. The summed E-state index contributed by atoms with van der Waals surface area (Å²) < 4.78 is 2.09. The monoisotopic (exact) mass is 367 g/mol. The summed E-state index contributed by atoms with van der Waals surface area (Å²) in [4.78, 5) is 17.5. The van der Waals surface area contributed by atoms with Gasteiger partial charge in [-0.05, 0) is 43.9 Å². The highest BCUT2D eigenvalue weighted by molar-refractivity contribution is 5.51. The Labute approximate surface area is 160 Å². The molecule has 1 aromatic rings. The SMILES string of the molecule is C=O.CC(C)C.CC(C)C=O.CCCc1cn(C2CCC(C)CC2)nn1. The summed E-state index contributed by atoms with van der Waals surface area (Å²) >= 11 is 0. The van der Waals surface area contributed by atoms with Gasteiger partial charge in [0.2, 0.25) is 0 Å². The highest BCUT2D eigenvalue weighted by Crippen LogP contribution is 2.31. The lowest BCUT2D eigenvalue weighted by Gasteiger charge is -2.25. The highest BCUT2D eigenvalue weighted by Gasteiger charge is 2.20. The van der Waals surface area contributed by atoms with Gasteiger partial charge in [0, 0.05) is 12.1 Å². The molecule has 0 unspecified atom stereocenters. The molecule has 0 aromatic carbocycles. The molecule has 152 valence electrons. The van der Waals surface area contributed by atoms with E-state index in [0.29, 0.717) is 6.04 Å². The maximum atomic E-state index is 9.50. The fourth-order valence-electron chi connectivity index (χ4n) is 2.37. The van der Waals surface area contributed by atoms with Crippen LogP contribution in [-0.4, -0.2) is 28.1 Å². The van der Waals surface area contributed by atoms with E-state index >= 15 is 0 Å². The summed E-state index contributed by atoms with van der Waals surface area (Å²) in [5.74, 6) is 1.94. The van der Waals surface area contributed by atoms with Gasteiger partial charge >= 0.3 is 0 Å². The van der Waals surface area contributed by atoms with E-state index in [1.165, 1.54) is 25.7 Å².